The first kappa shape index (κ1) is 16.5. The molecule has 1 aromatic heterocycles. The third-order valence-electron chi connectivity index (χ3n) is 3.85. The normalized spacial score (nSPS) is 21.7. The topological polar surface area (TPSA) is 95.7 Å². The predicted octanol–water partition coefficient (Wildman–Crippen LogP) is 0.730. The Morgan fingerprint density at radius 2 is 2.32 bits per heavy atom. The summed E-state index contributed by atoms with van der Waals surface area (Å²) in [6, 6.07) is 0. The lowest BCUT2D eigenvalue weighted by Gasteiger charge is -2.38. The van der Waals surface area contributed by atoms with E-state index in [-0.39, 0.29) is 30.5 Å². The van der Waals surface area contributed by atoms with Gasteiger partial charge in [-0.25, -0.2) is 4.98 Å². The van der Waals surface area contributed by atoms with E-state index >= 15 is 0 Å². The molecule has 2 N–H and O–H groups in total. The van der Waals surface area contributed by atoms with Crippen LogP contribution in [0.25, 0.3) is 0 Å². The number of rotatable bonds is 5. The van der Waals surface area contributed by atoms with Crippen LogP contribution in [-0.2, 0) is 11.2 Å². The highest BCUT2D eigenvalue weighted by molar-refractivity contribution is 5.92. The van der Waals surface area contributed by atoms with Crippen molar-refractivity contribution in [3.05, 3.63) is 17.8 Å². The summed E-state index contributed by atoms with van der Waals surface area (Å²) in [5.41, 5.74) is -0.920. The van der Waals surface area contributed by atoms with Crippen molar-refractivity contribution in [3.63, 3.8) is 0 Å². The molecular formula is C15H23N3O4. The van der Waals surface area contributed by atoms with Crippen molar-refractivity contribution in [2.75, 3.05) is 20.1 Å². The van der Waals surface area contributed by atoms with Crippen LogP contribution in [0.15, 0.2) is 10.7 Å². The number of aliphatic hydroxyl groups is 1. The summed E-state index contributed by atoms with van der Waals surface area (Å²) in [6.07, 6.45) is 4.09. The van der Waals surface area contributed by atoms with Gasteiger partial charge in [-0.1, -0.05) is 6.92 Å². The van der Waals surface area contributed by atoms with Crippen molar-refractivity contribution < 1.29 is 19.1 Å². The largest absolute Gasteiger partial charge is 0.448 e. The van der Waals surface area contributed by atoms with Gasteiger partial charge >= 0.3 is 0 Å². The molecule has 1 saturated heterocycles. The van der Waals surface area contributed by atoms with Crippen LogP contribution >= 0.6 is 0 Å². The van der Waals surface area contributed by atoms with Crippen molar-refractivity contribution in [3.8, 4) is 0 Å². The number of carbonyl (C=O) groups excluding carboxylic acids is 2. The van der Waals surface area contributed by atoms with Crippen LogP contribution in [0.5, 0.6) is 0 Å². The van der Waals surface area contributed by atoms with Gasteiger partial charge in [0.25, 0.3) is 5.91 Å². The molecule has 1 atom stereocenters. The zero-order valence-corrected chi connectivity index (χ0v) is 13.1. The van der Waals surface area contributed by atoms with Gasteiger partial charge in [-0.3, -0.25) is 9.59 Å². The molecule has 2 rings (SSSR count). The van der Waals surface area contributed by atoms with Crippen molar-refractivity contribution in [1.29, 1.82) is 0 Å². The van der Waals surface area contributed by atoms with Crippen LogP contribution in [0.2, 0.25) is 0 Å². The predicted molar refractivity (Wildman–Crippen MR) is 79.3 cm³/mol. The molecule has 7 heteroatoms. The van der Waals surface area contributed by atoms with Gasteiger partial charge in [0.1, 0.15) is 6.26 Å². The van der Waals surface area contributed by atoms with Crippen LogP contribution < -0.4 is 5.32 Å². The van der Waals surface area contributed by atoms with Crippen LogP contribution in [0, 0.1) is 0 Å². The van der Waals surface area contributed by atoms with Crippen LogP contribution in [0.1, 0.15) is 49.0 Å². The lowest BCUT2D eigenvalue weighted by Crippen LogP contribution is -2.52. The second kappa shape index (κ2) is 6.91. The van der Waals surface area contributed by atoms with E-state index in [4.69, 9.17) is 4.42 Å². The van der Waals surface area contributed by atoms with E-state index in [1.807, 2.05) is 6.92 Å². The summed E-state index contributed by atoms with van der Waals surface area (Å²) in [4.78, 5) is 29.7. The van der Waals surface area contributed by atoms with Gasteiger partial charge in [-0.15, -0.1) is 0 Å². The molecule has 1 fully saturated rings. The van der Waals surface area contributed by atoms with Crippen molar-refractivity contribution in [2.24, 2.45) is 0 Å². The number of hydrogen-bond acceptors (Lipinski definition) is 5. The van der Waals surface area contributed by atoms with E-state index in [2.05, 4.69) is 10.3 Å². The Morgan fingerprint density at radius 3 is 3.00 bits per heavy atom. The smallest absolute Gasteiger partial charge is 0.275 e. The number of likely N-dealkylation sites (tertiary alicyclic amines) is 1. The van der Waals surface area contributed by atoms with Crippen LogP contribution in [0.4, 0.5) is 0 Å². The number of carbonyl (C=O) groups is 2. The number of aryl methyl sites for hydroxylation is 1. The van der Waals surface area contributed by atoms with Gasteiger partial charge in [0.15, 0.2) is 11.6 Å². The third-order valence-corrected chi connectivity index (χ3v) is 3.85. The van der Waals surface area contributed by atoms with Crippen molar-refractivity contribution >= 4 is 11.8 Å². The zero-order valence-electron chi connectivity index (χ0n) is 13.1. The highest BCUT2D eigenvalue weighted by Gasteiger charge is 2.37. The molecule has 1 unspecified atom stereocenters. The molecule has 0 aromatic carbocycles. The average molecular weight is 309 g/mol. The molecule has 122 valence electrons. The summed E-state index contributed by atoms with van der Waals surface area (Å²) in [7, 11) is 1.53. The number of oxazole rings is 1. The van der Waals surface area contributed by atoms with Crippen LogP contribution in [0.3, 0.4) is 0 Å². The number of hydrogen-bond donors (Lipinski definition) is 2. The average Bonchev–Trinajstić information content (AvgIpc) is 2.95. The highest BCUT2D eigenvalue weighted by Crippen LogP contribution is 2.25. The quantitative estimate of drug-likeness (QED) is 0.836. The Labute approximate surface area is 129 Å². The minimum atomic E-state index is -1.18. The first-order valence-corrected chi connectivity index (χ1v) is 7.64. The molecule has 7 nitrogen and oxygen atoms in total. The van der Waals surface area contributed by atoms with E-state index < -0.39 is 5.60 Å². The van der Waals surface area contributed by atoms with Gasteiger partial charge in [0, 0.05) is 20.0 Å². The highest BCUT2D eigenvalue weighted by atomic mass is 16.3. The lowest BCUT2D eigenvalue weighted by molar-refractivity contribution is -0.127. The first-order valence-electron chi connectivity index (χ1n) is 7.64. The monoisotopic (exact) mass is 309 g/mol. The number of nitrogens with one attached hydrogen (secondary N) is 1. The second-order valence-electron chi connectivity index (χ2n) is 5.78. The van der Waals surface area contributed by atoms with Gasteiger partial charge in [0.05, 0.1) is 18.6 Å². The number of aromatic nitrogens is 1. The lowest BCUT2D eigenvalue weighted by atomic mass is 9.89. The van der Waals surface area contributed by atoms with Crippen molar-refractivity contribution in [1.82, 2.24) is 15.2 Å². The van der Waals surface area contributed by atoms with Gasteiger partial charge in [-0.05, 0) is 19.3 Å². The fourth-order valence-corrected chi connectivity index (χ4v) is 2.72. The number of β-amino-alcohol motifs (C(OH)–C–C–N with tert-alkyl or cyclic N) is 1. The maximum atomic E-state index is 12.5. The third kappa shape index (κ3) is 3.85. The van der Waals surface area contributed by atoms with E-state index in [1.165, 1.54) is 13.3 Å². The molecule has 0 spiro atoms. The second-order valence-corrected chi connectivity index (χ2v) is 5.78. The maximum absolute atomic E-state index is 12.5. The van der Waals surface area contributed by atoms with Crippen molar-refractivity contribution in [2.45, 2.75) is 44.6 Å². The van der Waals surface area contributed by atoms with E-state index in [1.54, 1.807) is 4.90 Å². The Balaban J connectivity index is 2.04. The number of piperidine rings is 1. The fraction of sp³-hybridized carbons (Fsp3) is 0.667. The van der Waals surface area contributed by atoms with E-state index in [0.29, 0.717) is 31.7 Å². The summed E-state index contributed by atoms with van der Waals surface area (Å²) in [5.74, 6) is 0.0492. The summed E-state index contributed by atoms with van der Waals surface area (Å²) >= 11 is 0. The minimum Gasteiger partial charge on any atom is -0.448 e. The number of amides is 2. The van der Waals surface area contributed by atoms with E-state index in [0.717, 1.165) is 6.42 Å². The molecule has 0 saturated carbocycles. The minimum absolute atomic E-state index is 0.00677. The van der Waals surface area contributed by atoms with Gasteiger partial charge in [0.2, 0.25) is 5.91 Å². The Morgan fingerprint density at radius 1 is 1.55 bits per heavy atom. The zero-order chi connectivity index (χ0) is 16.2. The molecule has 0 radical (unpaired) electrons. The van der Waals surface area contributed by atoms with Gasteiger partial charge < -0.3 is 19.7 Å². The fourth-order valence-electron chi connectivity index (χ4n) is 2.72. The molecule has 0 aliphatic carbocycles. The molecular weight excluding hydrogens is 286 g/mol. The standard InChI is InChI=1S/C15H23N3O4/c1-3-5-13-17-11(9-22-13)14(20)18-7-4-6-15(21,10-18)8-12(19)16-2/h9,21H,3-8,10H2,1-2H3,(H,16,19). The van der Waals surface area contributed by atoms with Gasteiger partial charge in [-0.2, -0.15) is 0 Å². The Bertz CT molecular complexity index is 543. The first-order chi connectivity index (χ1) is 10.5. The molecule has 2 heterocycles. The SMILES string of the molecule is CCCc1nc(C(=O)N2CCCC(O)(CC(=O)NC)C2)co1. The number of nitrogens with zero attached hydrogens (tertiary/aromatic N) is 2. The molecule has 2 amide bonds. The Kier molecular flexibility index (Phi) is 5.18. The summed E-state index contributed by atoms with van der Waals surface area (Å²) in [6.45, 7) is 2.69. The van der Waals surface area contributed by atoms with E-state index in [9.17, 15) is 14.7 Å². The summed E-state index contributed by atoms with van der Waals surface area (Å²) in [5, 5.41) is 13.0. The molecule has 22 heavy (non-hydrogen) atoms. The Hall–Kier alpha value is -1.89. The molecule has 1 aliphatic rings. The maximum Gasteiger partial charge on any atom is 0.275 e. The van der Waals surface area contributed by atoms with Crippen LogP contribution in [-0.4, -0.2) is 52.5 Å². The molecule has 1 aromatic rings. The molecule has 0 bridgehead atoms. The summed E-state index contributed by atoms with van der Waals surface area (Å²) < 4.78 is 5.27. The molecule has 1 aliphatic heterocycles.